The zero-order valence-corrected chi connectivity index (χ0v) is 17.0. The Morgan fingerprint density at radius 1 is 1.27 bits per heavy atom. The minimum absolute atomic E-state index is 0.165. The van der Waals surface area contributed by atoms with Gasteiger partial charge in [0.05, 0.1) is 6.42 Å². The van der Waals surface area contributed by atoms with Crippen LogP contribution in [0.1, 0.15) is 19.4 Å². The van der Waals surface area contributed by atoms with Crippen molar-refractivity contribution in [3.8, 4) is 0 Å². The second-order valence-corrected chi connectivity index (χ2v) is 9.29. The SMILES string of the molecule is CC1(C)S[C@@H]2C(NC(=O)Cc3ccccc3NC(=O)C[N+](=O)[O-])C(=O)N2[C@H]1C(=O)O. The average molecular weight is 436 g/mol. The largest absolute Gasteiger partial charge is 0.480 e. The standard InChI is InChI=1S/C18H20N4O7S/c1-18(2)14(17(26)27)22-15(25)13(16(22)30-18)20-11(23)7-9-5-3-4-6-10(9)19-12(24)8-21(28)29/h3-6,13-14,16H,7-8H2,1-2H3,(H,19,24)(H,20,23)(H,26,27)/t13?,14-,16+/m0/s1. The van der Waals surface area contributed by atoms with Crippen molar-refractivity contribution in [2.45, 2.75) is 42.5 Å². The molecular weight excluding hydrogens is 416 g/mol. The first kappa shape index (κ1) is 21.6. The lowest BCUT2D eigenvalue weighted by Crippen LogP contribution is -2.70. The highest BCUT2D eigenvalue weighted by molar-refractivity contribution is 8.01. The zero-order valence-electron chi connectivity index (χ0n) is 16.2. The first-order chi connectivity index (χ1) is 14.0. The monoisotopic (exact) mass is 436 g/mol. The van der Waals surface area contributed by atoms with Gasteiger partial charge in [0, 0.05) is 15.4 Å². The topological polar surface area (TPSA) is 159 Å². The number of aliphatic carboxylic acids is 1. The normalized spacial score (nSPS) is 23.9. The van der Waals surface area contributed by atoms with Crippen molar-refractivity contribution < 1.29 is 29.2 Å². The Kier molecular flexibility index (Phi) is 5.70. The number of carbonyl (C=O) groups is 4. The summed E-state index contributed by atoms with van der Waals surface area (Å²) in [5.74, 6) is -2.85. The van der Waals surface area contributed by atoms with Gasteiger partial charge in [0.25, 0.3) is 12.5 Å². The van der Waals surface area contributed by atoms with E-state index in [1.54, 1.807) is 32.0 Å². The molecule has 11 nitrogen and oxygen atoms in total. The van der Waals surface area contributed by atoms with Crippen LogP contribution >= 0.6 is 11.8 Å². The van der Waals surface area contributed by atoms with Crippen molar-refractivity contribution >= 4 is 41.1 Å². The maximum atomic E-state index is 12.5. The van der Waals surface area contributed by atoms with Crippen molar-refractivity contribution in [1.82, 2.24) is 10.2 Å². The van der Waals surface area contributed by atoms with Crippen LogP contribution in [-0.2, 0) is 25.6 Å². The fraction of sp³-hybridized carbons (Fsp3) is 0.444. The number of hydrogen-bond acceptors (Lipinski definition) is 7. The van der Waals surface area contributed by atoms with E-state index in [0.29, 0.717) is 5.56 Å². The molecule has 2 fully saturated rings. The van der Waals surface area contributed by atoms with Gasteiger partial charge >= 0.3 is 5.97 Å². The van der Waals surface area contributed by atoms with E-state index in [-0.39, 0.29) is 12.1 Å². The summed E-state index contributed by atoms with van der Waals surface area (Å²) in [5, 5.41) is 24.5. The third kappa shape index (κ3) is 4.08. The minimum atomic E-state index is -1.09. The number of nitrogens with one attached hydrogen (secondary N) is 2. The third-order valence-electron chi connectivity index (χ3n) is 4.91. The van der Waals surface area contributed by atoms with Gasteiger partial charge in [-0.25, -0.2) is 4.79 Å². The molecule has 0 saturated carbocycles. The number of carboxylic acid groups (broad SMARTS) is 1. The number of nitro groups is 1. The average Bonchev–Trinajstić information content (AvgIpc) is 2.89. The number of carboxylic acids is 1. The number of β-lactam (4-membered cyclic amide) rings is 1. The van der Waals surface area contributed by atoms with Gasteiger partial charge in [-0.05, 0) is 25.5 Å². The summed E-state index contributed by atoms with van der Waals surface area (Å²) in [6.07, 6.45) is -0.165. The zero-order chi connectivity index (χ0) is 22.2. The molecule has 3 rings (SSSR count). The van der Waals surface area contributed by atoms with E-state index < -0.39 is 57.4 Å². The first-order valence-electron chi connectivity index (χ1n) is 9.03. The van der Waals surface area contributed by atoms with Gasteiger partial charge in [0.2, 0.25) is 11.8 Å². The van der Waals surface area contributed by atoms with E-state index >= 15 is 0 Å². The Balaban J connectivity index is 1.65. The molecule has 0 radical (unpaired) electrons. The molecule has 2 heterocycles. The number of hydrogen-bond donors (Lipinski definition) is 3. The number of rotatable bonds is 7. The number of thioether (sulfide) groups is 1. The third-order valence-corrected chi connectivity index (χ3v) is 6.48. The number of amides is 3. The van der Waals surface area contributed by atoms with Gasteiger partial charge in [-0.3, -0.25) is 24.5 Å². The molecular formula is C18H20N4O7S. The molecule has 30 heavy (non-hydrogen) atoms. The maximum absolute atomic E-state index is 12.5. The highest BCUT2D eigenvalue weighted by atomic mass is 32.2. The molecule has 2 aliphatic heterocycles. The van der Waals surface area contributed by atoms with Crippen LogP contribution in [0.15, 0.2) is 24.3 Å². The Morgan fingerprint density at radius 2 is 1.93 bits per heavy atom. The Bertz CT molecular complexity index is 935. The van der Waals surface area contributed by atoms with Crippen LogP contribution in [0.25, 0.3) is 0 Å². The number of para-hydroxylation sites is 1. The molecule has 2 saturated heterocycles. The number of fused-ring (bicyclic) bond motifs is 1. The maximum Gasteiger partial charge on any atom is 0.327 e. The molecule has 0 aliphatic carbocycles. The van der Waals surface area contributed by atoms with Crippen LogP contribution in [0.4, 0.5) is 5.69 Å². The van der Waals surface area contributed by atoms with Gasteiger partial charge in [-0.1, -0.05) is 18.2 Å². The fourth-order valence-corrected chi connectivity index (χ4v) is 5.27. The summed E-state index contributed by atoms with van der Waals surface area (Å²) in [7, 11) is 0. The summed E-state index contributed by atoms with van der Waals surface area (Å²) in [6.45, 7) is 2.59. The fourth-order valence-electron chi connectivity index (χ4n) is 3.65. The van der Waals surface area contributed by atoms with E-state index in [1.165, 1.54) is 22.7 Å². The first-order valence-corrected chi connectivity index (χ1v) is 9.91. The molecule has 3 atom stereocenters. The summed E-state index contributed by atoms with van der Waals surface area (Å²) in [5.41, 5.74) is 0.696. The Labute approximate surface area is 175 Å². The van der Waals surface area contributed by atoms with Gasteiger partial charge in [0.15, 0.2) is 0 Å². The summed E-state index contributed by atoms with van der Waals surface area (Å²) in [6, 6.07) is 4.57. The second-order valence-electron chi connectivity index (χ2n) is 7.52. The van der Waals surface area contributed by atoms with Crippen LogP contribution in [0, 0.1) is 10.1 Å². The van der Waals surface area contributed by atoms with E-state index in [9.17, 15) is 34.4 Å². The van der Waals surface area contributed by atoms with Crippen molar-refractivity contribution in [3.05, 3.63) is 39.9 Å². The van der Waals surface area contributed by atoms with Gasteiger partial charge < -0.3 is 20.6 Å². The van der Waals surface area contributed by atoms with E-state index in [4.69, 9.17) is 0 Å². The molecule has 3 amide bonds. The Morgan fingerprint density at radius 3 is 2.57 bits per heavy atom. The molecule has 1 aromatic rings. The van der Waals surface area contributed by atoms with Crippen LogP contribution in [-0.4, -0.2) is 67.4 Å². The van der Waals surface area contributed by atoms with Crippen molar-refractivity contribution in [2.24, 2.45) is 0 Å². The lowest BCUT2D eigenvalue weighted by Gasteiger charge is -2.43. The summed E-state index contributed by atoms with van der Waals surface area (Å²) < 4.78 is -0.695. The Hall–Kier alpha value is -3.15. The molecule has 3 N–H and O–H groups in total. The van der Waals surface area contributed by atoms with Crippen molar-refractivity contribution in [3.63, 3.8) is 0 Å². The molecule has 0 spiro atoms. The summed E-state index contributed by atoms with van der Waals surface area (Å²) in [4.78, 5) is 59.2. The highest BCUT2D eigenvalue weighted by Crippen LogP contribution is 2.50. The van der Waals surface area contributed by atoms with E-state index in [0.717, 1.165) is 0 Å². The van der Waals surface area contributed by atoms with Gasteiger partial charge in [0.1, 0.15) is 17.5 Å². The number of benzene rings is 1. The van der Waals surface area contributed by atoms with Crippen LogP contribution < -0.4 is 10.6 Å². The lowest BCUT2D eigenvalue weighted by molar-refractivity contribution is -0.467. The van der Waals surface area contributed by atoms with Crippen LogP contribution in [0.3, 0.4) is 0 Å². The number of nitrogens with zero attached hydrogens (tertiary/aromatic N) is 2. The molecule has 1 aromatic carbocycles. The van der Waals surface area contributed by atoms with Crippen LogP contribution in [0.5, 0.6) is 0 Å². The quantitative estimate of drug-likeness (QED) is 0.308. The molecule has 0 aromatic heterocycles. The van der Waals surface area contributed by atoms with Crippen molar-refractivity contribution in [1.29, 1.82) is 0 Å². The highest BCUT2D eigenvalue weighted by Gasteiger charge is 2.64. The predicted octanol–water partition coefficient (Wildman–Crippen LogP) is 0.0760. The minimum Gasteiger partial charge on any atom is -0.480 e. The van der Waals surface area contributed by atoms with Gasteiger partial charge in [-0.2, -0.15) is 0 Å². The molecule has 2 aliphatic rings. The van der Waals surface area contributed by atoms with Crippen molar-refractivity contribution in [2.75, 3.05) is 11.9 Å². The summed E-state index contributed by atoms with van der Waals surface area (Å²) >= 11 is 1.32. The molecule has 160 valence electrons. The lowest BCUT2D eigenvalue weighted by atomic mass is 9.96. The molecule has 0 bridgehead atoms. The van der Waals surface area contributed by atoms with E-state index in [2.05, 4.69) is 10.6 Å². The van der Waals surface area contributed by atoms with Gasteiger partial charge in [-0.15, -0.1) is 11.8 Å². The second kappa shape index (κ2) is 7.94. The number of carbonyl (C=O) groups excluding carboxylic acids is 3. The molecule has 12 heteroatoms. The smallest absolute Gasteiger partial charge is 0.327 e. The van der Waals surface area contributed by atoms with Crippen LogP contribution in [0.2, 0.25) is 0 Å². The molecule has 1 unspecified atom stereocenters. The number of anilines is 1. The van der Waals surface area contributed by atoms with E-state index in [1.807, 2.05) is 0 Å². The predicted molar refractivity (Wildman–Crippen MR) is 106 cm³/mol.